The summed E-state index contributed by atoms with van der Waals surface area (Å²) in [5.74, 6) is 0.500. The third-order valence-corrected chi connectivity index (χ3v) is 4.50. The number of ether oxygens (including phenoxy) is 1. The first-order chi connectivity index (χ1) is 11.7. The number of carbonyl (C=O) groups is 1. The summed E-state index contributed by atoms with van der Waals surface area (Å²) in [6.07, 6.45) is 1.34. The van der Waals surface area contributed by atoms with Crippen molar-refractivity contribution in [1.29, 1.82) is 0 Å². The molecule has 0 amide bonds. The van der Waals surface area contributed by atoms with Gasteiger partial charge >= 0.3 is 5.97 Å². The van der Waals surface area contributed by atoms with Crippen molar-refractivity contribution in [2.45, 2.75) is 18.9 Å². The Morgan fingerprint density at radius 2 is 1.88 bits per heavy atom. The molecule has 0 bridgehead atoms. The minimum absolute atomic E-state index is 0.204. The minimum Gasteiger partial charge on any atom is -0.464 e. The molecule has 0 spiro atoms. The van der Waals surface area contributed by atoms with Crippen LogP contribution in [-0.2, 0) is 4.74 Å². The third-order valence-electron chi connectivity index (χ3n) is 4.50. The maximum atomic E-state index is 11.4. The second-order valence-corrected chi connectivity index (χ2v) is 5.95. The first-order valence-electron chi connectivity index (χ1n) is 8.09. The van der Waals surface area contributed by atoms with E-state index in [1.165, 1.54) is 7.11 Å². The third kappa shape index (κ3) is 3.54. The van der Waals surface area contributed by atoms with Crippen LogP contribution >= 0.6 is 0 Å². The van der Waals surface area contributed by atoms with Gasteiger partial charge in [0.1, 0.15) is 0 Å². The van der Waals surface area contributed by atoms with Crippen molar-refractivity contribution >= 4 is 11.8 Å². The molecule has 0 aliphatic carbocycles. The highest BCUT2D eigenvalue weighted by Gasteiger charge is 2.27. The van der Waals surface area contributed by atoms with E-state index >= 15 is 0 Å². The van der Waals surface area contributed by atoms with Crippen molar-refractivity contribution in [3.8, 4) is 0 Å². The number of hydrogen-bond acceptors (Lipinski definition) is 6. The van der Waals surface area contributed by atoms with E-state index in [2.05, 4.69) is 19.8 Å². The molecular formula is C18H21N3O3. The molecule has 2 heterocycles. The lowest BCUT2D eigenvalue weighted by molar-refractivity contribution is 0.0592. The van der Waals surface area contributed by atoms with Crippen LogP contribution in [0.4, 0.5) is 5.82 Å². The van der Waals surface area contributed by atoms with Gasteiger partial charge in [0.05, 0.1) is 13.2 Å². The van der Waals surface area contributed by atoms with E-state index < -0.39 is 12.1 Å². The molecular weight excluding hydrogens is 306 g/mol. The Balaban J connectivity index is 1.60. The summed E-state index contributed by atoms with van der Waals surface area (Å²) >= 11 is 0. The summed E-state index contributed by atoms with van der Waals surface area (Å²) in [4.78, 5) is 13.5. The molecule has 1 aromatic carbocycles. The molecule has 126 valence electrons. The molecule has 1 saturated heterocycles. The number of aromatic nitrogens is 2. The van der Waals surface area contributed by atoms with Crippen LogP contribution in [0, 0.1) is 5.92 Å². The molecule has 1 N–H and O–H groups in total. The van der Waals surface area contributed by atoms with Crippen molar-refractivity contribution in [1.82, 2.24) is 10.2 Å². The monoisotopic (exact) mass is 327 g/mol. The summed E-state index contributed by atoms with van der Waals surface area (Å²) in [5.41, 5.74) is 1.17. The zero-order chi connectivity index (χ0) is 16.9. The number of piperidine rings is 1. The molecule has 6 nitrogen and oxygen atoms in total. The number of carbonyl (C=O) groups excluding carboxylic acids is 1. The van der Waals surface area contributed by atoms with Gasteiger partial charge in [0.25, 0.3) is 0 Å². The minimum atomic E-state index is -0.487. The summed E-state index contributed by atoms with van der Waals surface area (Å²) in [6.45, 7) is 1.61. The van der Waals surface area contributed by atoms with E-state index in [0.29, 0.717) is 0 Å². The van der Waals surface area contributed by atoms with E-state index in [1.807, 2.05) is 30.3 Å². The summed E-state index contributed by atoms with van der Waals surface area (Å²) < 4.78 is 4.62. The number of benzene rings is 1. The van der Waals surface area contributed by atoms with Gasteiger partial charge in [-0.2, -0.15) is 0 Å². The van der Waals surface area contributed by atoms with Crippen LogP contribution in [0.25, 0.3) is 0 Å². The molecule has 2 aromatic rings. The van der Waals surface area contributed by atoms with Crippen LogP contribution in [0.1, 0.15) is 35.0 Å². The normalized spacial score (nSPS) is 16.7. The lowest BCUT2D eigenvalue weighted by Crippen LogP contribution is -2.36. The Hall–Kier alpha value is -2.47. The molecule has 0 radical (unpaired) electrons. The molecule has 1 fully saturated rings. The van der Waals surface area contributed by atoms with E-state index in [1.54, 1.807) is 12.1 Å². The summed E-state index contributed by atoms with van der Waals surface area (Å²) in [5, 5.41) is 18.6. The Morgan fingerprint density at radius 3 is 2.46 bits per heavy atom. The molecule has 1 aliphatic heterocycles. The van der Waals surface area contributed by atoms with Gasteiger partial charge in [0.15, 0.2) is 11.5 Å². The lowest BCUT2D eigenvalue weighted by Gasteiger charge is -2.34. The van der Waals surface area contributed by atoms with Crippen LogP contribution in [0.3, 0.4) is 0 Å². The number of anilines is 1. The van der Waals surface area contributed by atoms with E-state index in [0.717, 1.165) is 37.3 Å². The zero-order valence-electron chi connectivity index (χ0n) is 13.6. The zero-order valence-corrected chi connectivity index (χ0v) is 13.6. The Morgan fingerprint density at radius 1 is 1.17 bits per heavy atom. The first-order valence-corrected chi connectivity index (χ1v) is 8.09. The number of methoxy groups -OCH3 is 1. The SMILES string of the molecule is COC(=O)c1ccc(N2CCC([C@@H](O)c3ccccc3)CC2)nn1. The number of aliphatic hydroxyl groups is 1. The predicted molar refractivity (Wildman–Crippen MR) is 89.7 cm³/mol. The van der Waals surface area contributed by atoms with Crippen molar-refractivity contribution in [2.24, 2.45) is 5.92 Å². The highest BCUT2D eigenvalue weighted by atomic mass is 16.5. The molecule has 6 heteroatoms. The van der Waals surface area contributed by atoms with Gasteiger partial charge < -0.3 is 14.7 Å². The van der Waals surface area contributed by atoms with Crippen LogP contribution in [0.15, 0.2) is 42.5 Å². The summed E-state index contributed by atoms with van der Waals surface area (Å²) in [6, 6.07) is 13.2. The standard InChI is InChI=1S/C18H21N3O3/c1-24-18(23)15-7-8-16(20-19-15)21-11-9-14(10-12-21)17(22)13-5-3-2-4-6-13/h2-8,14,17,22H,9-12H2,1H3/t17-/m0/s1. The fraction of sp³-hybridized carbons (Fsp3) is 0.389. The van der Waals surface area contributed by atoms with E-state index in [9.17, 15) is 9.90 Å². The van der Waals surface area contributed by atoms with Gasteiger partial charge in [-0.15, -0.1) is 10.2 Å². The molecule has 1 aromatic heterocycles. The highest BCUT2D eigenvalue weighted by Crippen LogP contribution is 2.31. The molecule has 24 heavy (non-hydrogen) atoms. The van der Waals surface area contributed by atoms with Crippen LogP contribution in [-0.4, -0.2) is 41.5 Å². The molecule has 0 saturated carbocycles. The Kier molecular flexibility index (Phi) is 5.05. The second kappa shape index (κ2) is 7.40. The van der Waals surface area contributed by atoms with Gasteiger partial charge in [-0.05, 0) is 36.5 Å². The van der Waals surface area contributed by atoms with Crippen molar-refractivity contribution in [3.05, 3.63) is 53.7 Å². The van der Waals surface area contributed by atoms with Crippen LogP contribution < -0.4 is 4.90 Å². The van der Waals surface area contributed by atoms with Crippen LogP contribution in [0.2, 0.25) is 0 Å². The second-order valence-electron chi connectivity index (χ2n) is 5.95. The number of nitrogens with zero attached hydrogens (tertiary/aromatic N) is 3. The van der Waals surface area contributed by atoms with Gasteiger partial charge in [0.2, 0.25) is 0 Å². The average molecular weight is 327 g/mol. The smallest absolute Gasteiger partial charge is 0.358 e. The molecule has 0 unspecified atom stereocenters. The quantitative estimate of drug-likeness (QED) is 0.868. The van der Waals surface area contributed by atoms with Gasteiger partial charge in [0, 0.05) is 13.1 Å². The number of hydrogen-bond donors (Lipinski definition) is 1. The summed E-state index contributed by atoms with van der Waals surface area (Å²) in [7, 11) is 1.32. The molecule has 3 rings (SSSR count). The largest absolute Gasteiger partial charge is 0.464 e. The topological polar surface area (TPSA) is 75.5 Å². The predicted octanol–water partition coefficient (Wildman–Crippen LogP) is 2.21. The van der Waals surface area contributed by atoms with Crippen molar-refractivity contribution in [2.75, 3.05) is 25.1 Å². The van der Waals surface area contributed by atoms with Gasteiger partial charge in [-0.25, -0.2) is 4.79 Å². The van der Waals surface area contributed by atoms with Crippen molar-refractivity contribution < 1.29 is 14.6 Å². The van der Waals surface area contributed by atoms with Gasteiger partial charge in [-0.3, -0.25) is 0 Å². The fourth-order valence-corrected chi connectivity index (χ4v) is 3.07. The maximum absolute atomic E-state index is 11.4. The highest BCUT2D eigenvalue weighted by molar-refractivity contribution is 5.86. The number of esters is 1. The Labute approximate surface area is 141 Å². The fourth-order valence-electron chi connectivity index (χ4n) is 3.07. The molecule has 1 aliphatic rings. The lowest BCUT2D eigenvalue weighted by atomic mass is 9.87. The molecule has 1 atom stereocenters. The maximum Gasteiger partial charge on any atom is 0.358 e. The first kappa shape index (κ1) is 16.4. The van der Waals surface area contributed by atoms with E-state index in [-0.39, 0.29) is 11.6 Å². The van der Waals surface area contributed by atoms with E-state index in [4.69, 9.17) is 0 Å². The average Bonchev–Trinajstić information content (AvgIpc) is 2.68. The number of rotatable bonds is 4. The van der Waals surface area contributed by atoms with Crippen molar-refractivity contribution in [3.63, 3.8) is 0 Å². The number of aliphatic hydroxyl groups excluding tert-OH is 1. The van der Waals surface area contributed by atoms with Crippen LogP contribution in [0.5, 0.6) is 0 Å². The van der Waals surface area contributed by atoms with Gasteiger partial charge in [-0.1, -0.05) is 30.3 Å². The Bertz CT molecular complexity index is 668.